The number of carbonyl (C=O) groups excluding carboxylic acids is 4. The number of carboxylic acids is 1. The largest absolute Gasteiger partial charge is 0.504 e. The normalized spacial score (nSPS) is 27.2. The van der Waals surface area contributed by atoms with Gasteiger partial charge in [0, 0.05) is 30.4 Å². The van der Waals surface area contributed by atoms with E-state index in [1.165, 1.54) is 18.1 Å². The fourth-order valence-electron chi connectivity index (χ4n) is 9.14. The molecule has 50 heavy (non-hydrogen) atoms. The number of carboxylic acid groups (broad SMARTS) is 1. The zero-order chi connectivity index (χ0) is 35.2. The molecule has 0 spiro atoms. The monoisotopic (exact) mass is 673 g/mol. The Hall–Kier alpha value is -5.31. The minimum Gasteiger partial charge on any atom is -0.504 e. The van der Waals surface area contributed by atoms with Crippen LogP contribution in [-0.4, -0.2) is 58.1 Å². The van der Waals surface area contributed by atoms with Crippen LogP contribution in [0.1, 0.15) is 61.1 Å². The Bertz CT molecular complexity index is 1930. The Morgan fingerprint density at radius 2 is 1.62 bits per heavy atom. The second-order valence-corrected chi connectivity index (χ2v) is 13.8. The number of hydrogen-bond donors (Lipinski definition) is 2. The molecule has 7 rings (SSSR count). The molecule has 1 aliphatic heterocycles. The Labute approximate surface area is 290 Å². The summed E-state index contributed by atoms with van der Waals surface area (Å²) < 4.78 is 5.35. The number of unbranched alkanes of at least 4 members (excludes halogenated alkanes) is 2. The summed E-state index contributed by atoms with van der Waals surface area (Å²) in [7, 11) is 1.45. The van der Waals surface area contributed by atoms with Crippen LogP contribution >= 0.6 is 0 Å². The van der Waals surface area contributed by atoms with Crippen LogP contribution in [0.15, 0.2) is 96.6 Å². The van der Waals surface area contributed by atoms with Crippen molar-refractivity contribution in [1.29, 1.82) is 0 Å². The van der Waals surface area contributed by atoms with Gasteiger partial charge >= 0.3 is 5.97 Å². The second kappa shape index (κ2) is 13.2. The maximum absolute atomic E-state index is 15.0. The van der Waals surface area contributed by atoms with Gasteiger partial charge in [-0.15, -0.1) is 0 Å². The van der Waals surface area contributed by atoms with Crippen molar-refractivity contribution < 1.29 is 38.9 Å². The number of amides is 2. The quantitative estimate of drug-likeness (QED) is 0.155. The van der Waals surface area contributed by atoms with E-state index < -0.39 is 41.0 Å². The molecule has 0 radical (unpaired) electrons. The number of aromatic hydroxyl groups is 1. The van der Waals surface area contributed by atoms with Crippen molar-refractivity contribution >= 4 is 34.9 Å². The minimum absolute atomic E-state index is 0.0293. The number of allylic oxidation sites excluding steroid dienone is 4. The highest BCUT2D eigenvalue weighted by Gasteiger charge is 2.65. The topological polar surface area (TPSA) is 138 Å². The molecule has 9 nitrogen and oxygen atoms in total. The summed E-state index contributed by atoms with van der Waals surface area (Å²) in [5.74, 6) is -5.12. The van der Waals surface area contributed by atoms with Crippen LogP contribution in [0.5, 0.6) is 11.5 Å². The number of benzene rings is 3. The molecule has 1 saturated carbocycles. The number of rotatable bonds is 10. The number of ketones is 2. The number of phenolic OH excluding ortho intramolecular Hbond substituents is 1. The first-order valence-corrected chi connectivity index (χ1v) is 17.2. The fourth-order valence-corrected chi connectivity index (χ4v) is 9.14. The smallest absolute Gasteiger partial charge is 0.303 e. The number of hydrogen-bond acceptors (Lipinski definition) is 7. The van der Waals surface area contributed by atoms with Crippen LogP contribution in [0.2, 0.25) is 0 Å². The summed E-state index contributed by atoms with van der Waals surface area (Å²) >= 11 is 0. The molecule has 0 unspecified atom stereocenters. The van der Waals surface area contributed by atoms with Gasteiger partial charge < -0.3 is 14.9 Å². The van der Waals surface area contributed by atoms with Crippen molar-refractivity contribution in [1.82, 2.24) is 4.90 Å². The van der Waals surface area contributed by atoms with Crippen LogP contribution in [0.25, 0.3) is 5.57 Å². The molecule has 3 aromatic rings. The number of Topliss-reactive ketones (excluding diaryl/α,β-unsaturated/α-hetero) is 1. The third-order valence-electron chi connectivity index (χ3n) is 11.3. The SMILES string of the molecule is COc1ccc([C@H]2C3=CC[C@@H]4C(=O)N(CCCCCC(=O)O)C(=O)[C@@H]4[C@@H]3C[C@H]3C(=O)C(c4ccccc4)=CC(=O)[C@@]23c2ccccc2)cc1O. The summed E-state index contributed by atoms with van der Waals surface area (Å²) in [4.78, 5) is 70.3. The van der Waals surface area contributed by atoms with Gasteiger partial charge in [-0.05, 0) is 66.5 Å². The number of nitrogens with zero attached hydrogens (tertiary/aromatic N) is 1. The van der Waals surface area contributed by atoms with Gasteiger partial charge in [0.1, 0.15) is 0 Å². The molecule has 2 fully saturated rings. The number of ether oxygens (including phenoxy) is 1. The van der Waals surface area contributed by atoms with Gasteiger partial charge in [0.25, 0.3) is 0 Å². The molecule has 9 heteroatoms. The highest BCUT2D eigenvalue weighted by Crippen LogP contribution is 2.64. The van der Waals surface area contributed by atoms with Crippen LogP contribution < -0.4 is 4.74 Å². The first-order chi connectivity index (χ1) is 24.2. The van der Waals surface area contributed by atoms with E-state index in [0.717, 1.165) is 5.57 Å². The first kappa shape index (κ1) is 33.2. The van der Waals surface area contributed by atoms with Gasteiger partial charge in [0.15, 0.2) is 23.1 Å². The predicted molar refractivity (Wildman–Crippen MR) is 184 cm³/mol. The molecule has 1 saturated heterocycles. The fraction of sp³-hybridized carbons (Fsp3) is 0.341. The summed E-state index contributed by atoms with van der Waals surface area (Å²) in [6.07, 6.45) is 5.53. The molecular formula is C41H39NO8. The van der Waals surface area contributed by atoms with E-state index >= 15 is 4.79 Å². The van der Waals surface area contributed by atoms with Crippen LogP contribution in [0.3, 0.4) is 0 Å². The van der Waals surface area contributed by atoms with Crippen molar-refractivity contribution in [2.75, 3.05) is 13.7 Å². The van der Waals surface area contributed by atoms with Gasteiger partial charge in [-0.1, -0.05) is 84.8 Å². The second-order valence-electron chi connectivity index (χ2n) is 13.8. The molecule has 0 aromatic heterocycles. The molecule has 256 valence electrons. The Kier molecular flexibility index (Phi) is 8.76. The molecule has 4 aliphatic rings. The zero-order valence-corrected chi connectivity index (χ0v) is 27.8. The van der Waals surface area contributed by atoms with Gasteiger partial charge in [-0.2, -0.15) is 0 Å². The lowest BCUT2D eigenvalue weighted by molar-refractivity contribution is -0.141. The molecule has 3 aromatic carbocycles. The van der Waals surface area contributed by atoms with E-state index in [0.29, 0.717) is 47.9 Å². The molecular weight excluding hydrogens is 634 g/mol. The van der Waals surface area contributed by atoms with Gasteiger partial charge in [-0.3, -0.25) is 28.9 Å². The summed E-state index contributed by atoms with van der Waals surface area (Å²) in [6.45, 7) is 0.206. The molecule has 0 bridgehead atoms. The molecule has 6 atom stereocenters. The van der Waals surface area contributed by atoms with Crippen molar-refractivity contribution in [2.45, 2.75) is 49.9 Å². The minimum atomic E-state index is -1.39. The van der Waals surface area contributed by atoms with Crippen molar-refractivity contribution in [3.8, 4) is 11.5 Å². The number of carbonyl (C=O) groups is 5. The molecule has 2 N–H and O–H groups in total. The van der Waals surface area contributed by atoms with E-state index in [2.05, 4.69) is 0 Å². The lowest BCUT2D eigenvalue weighted by Gasteiger charge is -2.55. The van der Waals surface area contributed by atoms with E-state index in [-0.39, 0.29) is 54.3 Å². The number of fused-ring (bicyclic) bond motifs is 4. The number of phenols is 1. The number of imide groups is 1. The van der Waals surface area contributed by atoms with Crippen molar-refractivity contribution in [3.05, 3.63) is 113 Å². The van der Waals surface area contributed by atoms with E-state index in [1.807, 2.05) is 66.7 Å². The third kappa shape index (κ3) is 5.27. The Balaban J connectivity index is 1.38. The third-order valence-corrected chi connectivity index (χ3v) is 11.3. The number of methoxy groups -OCH3 is 1. The van der Waals surface area contributed by atoms with Crippen molar-refractivity contribution in [2.24, 2.45) is 23.7 Å². The maximum atomic E-state index is 15.0. The lowest BCUT2D eigenvalue weighted by Crippen LogP contribution is -2.58. The average Bonchev–Trinajstić information content (AvgIpc) is 3.37. The summed E-state index contributed by atoms with van der Waals surface area (Å²) in [6, 6.07) is 23.4. The van der Waals surface area contributed by atoms with Gasteiger partial charge in [0.05, 0.1) is 24.4 Å². The summed E-state index contributed by atoms with van der Waals surface area (Å²) in [5, 5.41) is 20.0. The summed E-state index contributed by atoms with van der Waals surface area (Å²) in [5.41, 5.74) is 1.66. The van der Waals surface area contributed by atoms with Crippen molar-refractivity contribution in [3.63, 3.8) is 0 Å². The van der Waals surface area contributed by atoms with Gasteiger partial charge in [0.2, 0.25) is 11.8 Å². The molecule has 1 heterocycles. The zero-order valence-electron chi connectivity index (χ0n) is 27.8. The number of aliphatic carboxylic acids is 1. The van der Waals surface area contributed by atoms with Crippen LogP contribution in [0.4, 0.5) is 0 Å². The number of likely N-dealkylation sites (tertiary alicyclic amines) is 1. The Morgan fingerprint density at radius 3 is 2.30 bits per heavy atom. The van der Waals surface area contributed by atoms with Crippen LogP contribution in [0, 0.1) is 23.7 Å². The average molecular weight is 674 g/mol. The molecule has 2 amide bonds. The highest BCUT2D eigenvalue weighted by molar-refractivity contribution is 6.31. The van der Waals surface area contributed by atoms with E-state index in [1.54, 1.807) is 18.2 Å². The Morgan fingerprint density at radius 1 is 0.900 bits per heavy atom. The first-order valence-electron chi connectivity index (χ1n) is 17.2. The maximum Gasteiger partial charge on any atom is 0.303 e. The van der Waals surface area contributed by atoms with E-state index in [4.69, 9.17) is 9.84 Å². The van der Waals surface area contributed by atoms with Gasteiger partial charge in [-0.25, -0.2) is 0 Å². The lowest BCUT2D eigenvalue weighted by atomic mass is 9.44. The molecule has 3 aliphatic carbocycles. The van der Waals surface area contributed by atoms with E-state index in [9.17, 15) is 24.3 Å². The van der Waals surface area contributed by atoms with Crippen LogP contribution in [-0.2, 0) is 29.4 Å². The standard InChI is InChI=1S/C41H39NO8/c1-50-33-19-16-25(21-32(33)43)37-27-17-18-28-36(40(49)42(39(28)48)20-10-4-9-15-35(45)46)30(27)22-31-38(47)29(24-11-5-2-6-12-24)23-34(44)41(31,37)26-13-7-3-8-14-26/h2-3,5-8,11-14,16-17,19,21,23,28,30-31,36-37,43H,4,9-10,15,18,20,22H2,1H3,(H,45,46)/t28-,30+,31-,36-,37-,41-/m0/s1. The highest BCUT2D eigenvalue weighted by atomic mass is 16.5. The predicted octanol–water partition coefficient (Wildman–Crippen LogP) is 5.87.